The van der Waals surface area contributed by atoms with E-state index in [2.05, 4.69) is 4.98 Å². The first-order valence-electron chi connectivity index (χ1n) is 7.54. The fourth-order valence-electron chi connectivity index (χ4n) is 2.83. The molecule has 1 aromatic heterocycles. The van der Waals surface area contributed by atoms with Gasteiger partial charge in [-0.25, -0.2) is 18.7 Å². The number of amides is 1. The summed E-state index contributed by atoms with van der Waals surface area (Å²) in [6.45, 7) is 0.0959. The smallest absolute Gasteiger partial charge is 0.285 e. The molecule has 1 amide bonds. The van der Waals surface area contributed by atoms with Gasteiger partial charge in [0.2, 0.25) is 0 Å². The molecule has 0 unspecified atom stereocenters. The lowest BCUT2D eigenvalue weighted by molar-refractivity contribution is 0.244. The van der Waals surface area contributed by atoms with Crippen LogP contribution in [0.4, 0.5) is 14.9 Å². The summed E-state index contributed by atoms with van der Waals surface area (Å²) in [4.78, 5) is 30.3. The lowest BCUT2D eigenvalue weighted by Gasteiger charge is -2.16. The Morgan fingerprint density at radius 1 is 1.08 bits per heavy atom. The predicted octanol–water partition coefficient (Wildman–Crippen LogP) is 2.87. The van der Waals surface area contributed by atoms with E-state index in [1.54, 1.807) is 42.5 Å². The minimum atomic E-state index is -0.581. The zero-order chi connectivity index (χ0) is 17.6. The summed E-state index contributed by atoms with van der Waals surface area (Å²) in [5, 5.41) is 0.560. The van der Waals surface area contributed by atoms with Crippen molar-refractivity contribution in [3.8, 4) is 0 Å². The number of benzene rings is 2. The van der Waals surface area contributed by atoms with Crippen molar-refractivity contribution in [3.05, 3.63) is 81.2 Å². The van der Waals surface area contributed by atoms with Crippen molar-refractivity contribution in [2.24, 2.45) is 0 Å². The number of hydrogen-bond donors (Lipinski definition) is 0. The van der Waals surface area contributed by atoms with Crippen molar-refractivity contribution >= 4 is 23.3 Å². The van der Waals surface area contributed by atoms with E-state index >= 15 is 0 Å². The third kappa shape index (κ3) is 2.62. The molecule has 4 rings (SSSR count). The summed E-state index contributed by atoms with van der Waals surface area (Å²) in [7, 11) is 0. The van der Waals surface area contributed by atoms with E-state index in [0.29, 0.717) is 22.1 Å². The van der Waals surface area contributed by atoms with E-state index in [9.17, 15) is 14.0 Å². The van der Waals surface area contributed by atoms with Gasteiger partial charge in [0, 0.05) is 16.3 Å². The second-order valence-electron chi connectivity index (χ2n) is 5.62. The number of rotatable bonds is 3. The fourth-order valence-corrected chi connectivity index (χ4v) is 2.95. The molecule has 0 saturated carbocycles. The number of anilines is 1. The average Bonchev–Trinajstić information content (AvgIpc) is 3.07. The Kier molecular flexibility index (Phi) is 3.65. The highest BCUT2D eigenvalue weighted by Crippen LogP contribution is 2.24. The quantitative estimate of drug-likeness (QED) is 0.723. The number of fused-ring (bicyclic) bond motifs is 1. The summed E-state index contributed by atoms with van der Waals surface area (Å²) < 4.78 is 16.2. The monoisotopic (exact) mass is 358 g/mol. The summed E-state index contributed by atoms with van der Waals surface area (Å²) >= 11 is 5.87. The molecule has 0 fully saturated rings. The van der Waals surface area contributed by atoms with Gasteiger partial charge in [0.1, 0.15) is 5.82 Å². The van der Waals surface area contributed by atoms with Gasteiger partial charge in [-0.05, 0) is 30.3 Å². The number of hydrogen-bond acceptors (Lipinski definition) is 3. The van der Waals surface area contributed by atoms with Gasteiger partial charge in [-0.1, -0.05) is 29.8 Å². The molecule has 1 aliphatic rings. The van der Waals surface area contributed by atoms with Gasteiger partial charge < -0.3 is 0 Å². The normalized spacial score (nSPS) is 13.4. The molecule has 8 heteroatoms. The molecule has 2 heterocycles. The predicted molar refractivity (Wildman–Crippen MR) is 90.4 cm³/mol. The van der Waals surface area contributed by atoms with Crippen LogP contribution in [0.25, 0.3) is 0 Å². The van der Waals surface area contributed by atoms with Crippen molar-refractivity contribution < 1.29 is 9.18 Å². The first-order valence-corrected chi connectivity index (χ1v) is 7.92. The number of halogens is 2. The second-order valence-corrected chi connectivity index (χ2v) is 6.05. The first kappa shape index (κ1) is 15.6. The maximum Gasteiger partial charge on any atom is 0.364 e. The minimum Gasteiger partial charge on any atom is -0.285 e. The van der Waals surface area contributed by atoms with Crippen LogP contribution < -0.4 is 10.6 Å². The van der Waals surface area contributed by atoms with E-state index < -0.39 is 17.5 Å². The van der Waals surface area contributed by atoms with Crippen LogP contribution in [0.15, 0.2) is 53.3 Å². The highest BCUT2D eigenvalue weighted by atomic mass is 35.5. The molecule has 3 aromatic rings. The van der Waals surface area contributed by atoms with Crippen LogP contribution in [-0.4, -0.2) is 20.4 Å². The Morgan fingerprint density at radius 2 is 1.80 bits per heavy atom. The van der Waals surface area contributed by atoms with Crippen molar-refractivity contribution in [2.75, 3.05) is 4.90 Å². The second kappa shape index (κ2) is 5.86. The molecule has 1 aliphatic heterocycles. The highest BCUT2D eigenvalue weighted by molar-refractivity contribution is 6.30. The summed E-state index contributed by atoms with van der Waals surface area (Å²) in [5.74, 6) is -0.119. The van der Waals surface area contributed by atoms with Crippen LogP contribution in [0, 0.1) is 5.82 Å². The first-order chi connectivity index (χ1) is 12.0. The standard InChI is InChI=1S/C17H12ClFN4O2/c18-12-5-7-13(8-6-12)21-10-15-20-16(24)22(23(15)17(21)25)9-11-3-1-2-4-14(11)19/h1-8H,9-10H2. The van der Waals surface area contributed by atoms with Gasteiger partial charge in [0.25, 0.3) is 0 Å². The topological polar surface area (TPSA) is 60.1 Å². The molecular formula is C17H12ClFN4O2. The molecule has 0 bridgehead atoms. The third-order valence-corrected chi connectivity index (χ3v) is 4.31. The molecule has 0 atom stereocenters. The van der Waals surface area contributed by atoms with Crippen molar-refractivity contribution in [1.29, 1.82) is 0 Å². The summed E-state index contributed by atoms with van der Waals surface area (Å²) in [6.07, 6.45) is 0. The number of carbonyl (C=O) groups excluding carboxylic acids is 1. The molecule has 0 saturated heterocycles. The van der Waals surface area contributed by atoms with Gasteiger partial charge in [-0.15, -0.1) is 0 Å². The Hall–Kier alpha value is -2.93. The average molecular weight is 359 g/mol. The molecule has 126 valence electrons. The molecule has 25 heavy (non-hydrogen) atoms. The Labute approximate surface area is 146 Å². The zero-order valence-electron chi connectivity index (χ0n) is 12.9. The van der Waals surface area contributed by atoms with E-state index in [-0.39, 0.29) is 13.1 Å². The summed E-state index contributed by atoms with van der Waals surface area (Å²) in [6, 6.07) is 12.5. The largest absolute Gasteiger partial charge is 0.364 e. The van der Waals surface area contributed by atoms with Crippen LogP contribution in [0.5, 0.6) is 0 Å². The Bertz CT molecular complexity index is 1030. The zero-order valence-corrected chi connectivity index (χ0v) is 13.7. The van der Waals surface area contributed by atoms with Crippen molar-refractivity contribution in [2.45, 2.75) is 13.1 Å². The van der Waals surface area contributed by atoms with Crippen LogP contribution in [0.1, 0.15) is 11.4 Å². The molecule has 2 aromatic carbocycles. The van der Waals surface area contributed by atoms with E-state index in [1.165, 1.54) is 15.6 Å². The highest BCUT2D eigenvalue weighted by Gasteiger charge is 2.33. The van der Waals surface area contributed by atoms with Gasteiger partial charge in [0.05, 0.1) is 13.1 Å². The van der Waals surface area contributed by atoms with Gasteiger partial charge in [0.15, 0.2) is 5.82 Å². The Morgan fingerprint density at radius 3 is 2.52 bits per heavy atom. The van der Waals surface area contributed by atoms with Crippen LogP contribution in [0.2, 0.25) is 5.02 Å². The van der Waals surface area contributed by atoms with E-state index in [1.807, 2.05) is 0 Å². The third-order valence-electron chi connectivity index (χ3n) is 4.06. The molecule has 0 N–H and O–H groups in total. The van der Waals surface area contributed by atoms with Gasteiger partial charge in [-0.2, -0.15) is 9.67 Å². The lowest BCUT2D eigenvalue weighted by atomic mass is 10.2. The van der Waals surface area contributed by atoms with Crippen LogP contribution >= 0.6 is 11.6 Å². The maximum absolute atomic E-state index is 13.9. The number of carbonyl (C=O) groups is 1. The number of aromatic nitrogens is 3. The van der Waals surface area contributed by atoms with Crippen molar-refractivity contribution in [3.63, 3.8) is 0 Å². The van der Waals surface area contributed by atoms with E-state index in [4.69, 9.17) is 11.6 Å². The SMILES string of the molecule is O=C1N(c2ccc(Cl)cc2)Cc2nc(=O)n(Cc3ccccc3F)n21. The van der Waals surface area contributed by atoms with Crippen LogP contribution in [-0.2, 0) is 13.1 Å². The lowest BCUT2D eigenvalue weighted by Crippen LogP contribution is -2.34. The molecule has 6 nitrogen and oxygen atoms in total. The van der Waals surface area contributed by atoms with Gasteiger partial charge >= 0.3 is 11.7 Å². The van der Waals surface area contributed by atoms with Crippen molar-refractivity contribution in [1.82, 2.24) is 14.3 Å². The fraction of sp³-hybridized carbons (Fsp3) is 0.118. The maximum atomic E-state index is 13.9. The Balaban J connectivity index is 1.71. The van der Waals surface area contributed by atoms with Gasteiger partial charge in [-0.3, -0.25) is 4.90 Å². The van der Waals surface area contributed by atoms with Crippen LogP contribution in [0.3, 0.4) is 0 Å². The molecule has 0 spiro atoms. The molecule has 0 aliphatic carbocycles. The minimum absolute atomic E-state index is 0.0707. The summed E-state index contributed by atoms with van der Waals surface area (Å²) in [5.41, 5.74) is 0.372. The molecular weight excluding hydrogens is 347 g/mol. The number of nitrogens with zero attached hydrogens (tertiary/aromatic N) is 4. The van der Waals surface area contributed by atoms with E-state index in [0.717, 1.165) is 4.68 Å². The molecule has 0 radical (unpaired) electrons.